The molecular weight excluding hydrogens is 392 g/mol. The monoisotopic (exact) mass is 414 g/mol. The zero-order valence-electron chi connectivity index (χ0n) is 16.4. The van der Waals surface area contributed by atoms with Gasteiger partial charge in [-0.2, -0.15) is 0 Å². The van der Waals surface area contributed by atoms with Crippen molar-refractivity contribution in [3.05, 3.63) is 52.5 Å². The van der Waals surface area contributed by atoms with Crippen molar-refractivity contribution in [1.82, 2.24) is 10.3 Å². The number of aromatic nitrogens is 1. The van der Waals surface area contributed by atoms with Crippen molar-refractivity contribution in [2.45, 2.75) is 39.3 Å². The Balaban J connectivity index is 1.61. The maximum absolute atomic E-state index is 12.3. The molecule has 0 saturated carbocycles. The molecule has 0 radical (unpaired) electrons. The molecule has 29 heavy (non-hydrogen) atoms. The van der Waals surface area contributed by atoms with Crippen LogP contribution in [0.25, 0.3) is 10.2 Å². The van der Waals surface area contributed by atoms with E-state index in [2.05, 4.69) is 10.3 Å². The van der Waals surface area contributed by atoms with Crippen LogP contribution < -0.4 is 5.32 Å². The number of fused-ring (bicyclic) bond motifs is 1. The molecule has 1 heterocycles. The molecule has 3 rings (SSSR count). The third kappa shape index (κ3) is 5.45. The number of benzene rings is 2. The lowest BCUT2D eigenvalue weighted by Crippen LogP contribution is -2.25. The van der Waals surface area contributed by atoms with Crippen LogP contribution >= 0.6 is 11.3 Å². The Kier molecular flexibility index (Phi) is 5.74. The fourth-order valence-electron chi connectivity index (χ4n) is 2.62. The summed E-state index contributed by atoms with van der Waals surface area (Å²) in [5.41, 5.74) is 1.16. The van der Waals surface area contributed by atoms with Gasteiger partial charge in [-0.3, -0.25) is 4.79 Å². The summed E-state index contributed by atoms with van der Waals surface area (Å²) in [6.45, 7) is 5.68. The molecule has 0 aliphatic rings. The second kappa shape index (κ2) is 8.08. The van der Waals surface area contributed by atoms with E-state index in [0.29, 0.717) is 20.8 Å². The number of esters is 1. The predicted octanol–water partition coefficient (Wildman–Crippen LogP) is 3.52. The Morgan fingerprint density at radius 1 is 1.14 bits per heavy atom. The number of carbonyl (C=O) groups excluding carboxylic acids is 2. The molecule has 7 nitrogen and oxygen atoms in total. The molecule has 0 aliphatic carbocycles. The molecule has 0 atom stereocenters. The first kappa shape index (κ1) is 20.6. The van der Waals surface area contributed by atoms with Gasteiger partial charge in [-0.15, -0.1) is 11.3 Å². The minimum atomic E-state index is -0.577. The standard InChI is InChI=1S/C21H22N2O5S/c1-21(2,3)28-20(27)13-6-4-5-12(7-13)11-22-18(26)10-19-23-14-8-15(24)16(25)9-17(14)29-19/h4-9,24-25H,10-11H2,1-3H3,(H,22,26). The van der Waals surface area contributed by atoms with E-state index >= 15 is 0 Å². The molecule has 0 aliphatic heterocycles. The molecule has 2 aromatic carbocycles. The van der Waals surface area contributed by atoms with E-state index in [9.17, 15) is 19.8 Å². The number of hydrogen-bond donors (Lipinski definition) is 3. The van der Waals surface area contributed by atoms with Gasteiger partial charge in [0.15, 0.2) is 11.5 Å². The van der Waals surface area contributed by atoms with E-state index < -0.39 is 11.6 Å². The van der Waals surface area contributed by atoms with Crippen molar-refractivity contribution in [3.63, 3.8) is 0 Å². The molecular formula is C21H22N2O5S. The summed E-state index contributed by atoms with van der Waals surface area (Å²) in [6, 6.07) is 9.71. The van der Waals surface area contributed by atoms with E-state index in [-0.39, 0.29) is 30.4 Å². The normalized spacial score (nSPS) is 11.4. The van der Waals surface area contributed by atoms with Crippen molar-refractivity contribution in [2.24, 2.45) is 0 Å². The largest absolute Gasteiger partial charge is 0.504 e. The number of phenolic OH excluding ortho intramolecular Hbond substituents is 2. The number of rotatable bonds is 5. The molecule has 152 valence electrons. The zero-order chi connectivity index (χ0) is 21.2. The summed E-state index contributed by atoms with van der Waals surface area (Å²) in [5.74, 6) is -1.10. The SMILES string of the molecule is CC(C)(C)OC(=O)c1cccc(CNC(=O)Cc2nc3cc(O)c(O)cc3s2)c1. The van der Waals surface area contributed by atoms with Crippen LogP contribution in [0.5, 0.6) is 11.5 Å². The van der Waals surface area contributed by atoms with Crippen LogP contribution in [-0.2, 0) is 22.5 Å². The topological polar surface area (TPSA) is 109 Å². The van der Waals surface area contributed by atoms with Crippen molar-refractivity contribution in [3.8, 4) is 11.5 Å². The Hall–Kier alpha value is -3.13. The number of nitrogens with one attached hydrogen (secondary N) is 1. The van der Waals surface area contributed by atoms with Crippen LogP contribution in [0, 0.1) is 0 Å². The molecule has 0 fully saturated rings. The minimum Gasteiger partial charge on any atom is -0.504 e. The van der Waals surface area contributed by atoms with E-state index in [1.807, 2.05) is 6.07 Å². The first-order chi connectivity index (χ1) is 13.6. The molecule has 3 aromatic rings. The summed E-state index contributed by atoms with van der Waals surface area (Å²) in [5, 5.41) is 22.5. The predicted molar refractivity (Wildman–Crippen MR) is 110 cm³/mol. The molecule has 1 amide bonds. The third-order valence-electron chi connectivity index (χ3n) is 3.89. The number of phenols is 2. The lowest BCUT2D eigenvalue weighted by molar-refractivity contribution is -0.120. The lowest BCUT2D eigenvalue weighted by atomic mass is 10.1. The highest BCUT2D eigenvalue weighted by molar-refractivity contribution is 7.18. The molecule has 0 unspecified atom stereocenters. The average Bonchev–Trinajstić information content (AvgIpc) is 3.00. The number of hydrogen-bond acceptors (Lipinski definition) is 7. The van der Waals surface area contributed by atoms with Gasteiger partial charge in [0.05, 0.1) is 22.2 Å². The highest BCUT2D eigenvalue weighted by atomic mass is 32.1. The molecule has 0 bridgehead atoms. The minimum absolute atomic E-state index is 0.0760. The summed E-state index contributed by atoms with van der Waals surface area (Å²) >= 11 is 1.28. The first-order valence-corrected chi connectivity index (χ1v) is 9.83. The first-order valence-electron chi connectivity index (χ1n) is 9.01. The van der Waals surface area contributed by atoms with Crippen LogP contribution in [0.3, 0.4) is 0 Å². The average molecular weight is 414 g/mol. The van der Waals surface area contributed by atoms with Gasteiger partial charge in [0.2, 0.25) is 5.91 Å². The molecule has 0 spiro atoms. The van der Waals surface area contributed by atoms with Gasteiger partial charge in [0.25, 0.3) is 0 Å². The maximum atomic E-state index is 12.3. The zero-order valence-corrected chi connectivity index (χ0v) is 17.2. The molecule has 1 aromatic heterocycles. The lowest BCUT2D eigenvalue weighted by Gasteiger charge is -2.19. The van der Waals surface area contributed by atoms with Gasteiger partial charge in [0.1, 0.15) is 10.6 Å². The maximum Gasteiger partial charge on any atom is 0.338 e. The molecule has 8 heteroatoms. The summed E-state index contributed by atoms with van der Waals surface area (Å²) in [7, 11) is 0. The Labute approximate surface area is 172 Å². The van der Waals surface area contributed by atoms with Crippen molar-refractivity contribution in [2.75, 3.05) is 0 Å². The quantitative estimate of drug-likeness (QED) is 0.435. The van der Waals surface area contributed by atoms with E-state index in [0.717, 1.165) is 5.56 Å². The van der Waals surface area contributed by atoms with Gasteiger partial charge >= 0.3 is 5.97 Å². The Morgan fingerprint density at radius 2 is 1.86 bits per heavy atom. The summed E-state index contributed by atoms with van der Waals surface area (Å²) in [4.78, 5) is 28.7. The number of amides is 1. The van der Waals surface area contributed by atoms with E-state index in [1.165, 1.54) is 23.5 Å². The Morgan fingerprint density at radius 3 is 2.59 bits per heavy atom. The summed E-state index contributed by atoms with van der Waals surface area (Å²) in [6.07, 6.45) is 0.0760. The fraction of sp³-hybridized carbons (Fsp3) is 0.286. The Bertz CT molecular complexity index is 1030. The molecule has 3 N–H and O–H groups in total. The van der Waals surface area contributed by atoms with Gasteiger partial charge < -0.3 is 20.3 Å². The van der Waals surface area contributed by atoms with Crippen molar-refractivity contribution >= 4 is 33.4 Å². The van der Waals surface area contributed by atoms with Crippen LogP contribution in [0.15, 0.2) is 36.4 Å². The van der Waals surface area contributed by atoms with E-state index in [4.69, 9.17) is 4.74 Å². The van der Waals surface area contributed by atoms with Gasteiger partial charge in [-0.25, -0.2) is 9.78 Å². The van der Waals surface area contributed by atoms with Crippen LogP contribution in [-0.4, -0.2) is 32.7 Å². The second-order valence-corrected chi connectivity index (χ2v) is 8.69. The highest BCUT2D eigenvalue weighted by Crippen LogP contribution is 2.33. The van der Waals surface area contributed by atoms with Crippen LogP contribution in [0.2, 0.25) is 0 Å². The van der Waals surface area contributed by atoms with Gasteiger partial charge in [-0.1, -0.05) is 12.1 Å². The van der Waals surface area contributed by atoms with E-state index in [1.54, 1.807) is 39.0 Å². The second-order valence-electron chi connectivity index (χ2n) is 7.57. The van der Waals surface area contributed by atoms with Gasteiger partial charge in [-0.05, 0) is 38.5 Å². The molecule has 0 saturated heterocycles. The number of thiazole rings is 1. The van der Waals surface area contributed by atoms with Crippen LogP contribution in [0.1, 0.15) is 41.7 Å². The number of nitrogens with zero attached hydrogens (tertiary/aromatic N) is 1. The highest BCUT2D eigenvalue weighted by Gasteiger charge is 2.18. The smallest absolute Gasteiger partial charge is 0.338 e. The van der Waals surface area contributed by atoms with Crippen molar-refractivity contribution in [1.29, 1.82) is 0 Å². The number of carbonyl (C=O) groups is 2. The third-order valence-corrected chi connectivity index (χ3v) is 4.91. The number of aromatic hydroxyl groups is 2. The fourth-order valence-corrected chi connectivity index (χ4v) is 3.60. The van der Waals surface area contributed by atoms with Crippen LogP contribution in [0.4, 0.5) is 0 Å². The van der Waals surface area contributed by atoms with Crippen molar-refractivity contribution < 1.29 is 24.5 Å². The van der Waals surface area contributed by atoms with Gasteiger partial charge in [0, 0.05) is 18.7 Å². The summed E-state index contributed by atoms with van der Waals surface area (Å²) < 4.78 is 6.05. The number of ether oxygens (including phenoxy) is 1.